The molecule has 0 spiro atoms. The molecule has 1 aliphatic carbocycles. The van der Waals surface area contributed by atoms with Gasteiger partial charge in [0.25, 0.3) is 5.91 Å². The molecular formula is C17H20FNO2. The van der Waals surface area contributed by atoms with Gasteiger partial charge in [-0.15, -0.1) is 0 Å². The van der Waals surface area contributed by atoms with Gasteiger partial charge < -0.3 is 10.0 Å². The Morgan fingerprint density at radius 1 is 1.48 bits per heavy atom. The quantitative estimate of drug-likeness (QED) is 0.865. The lowest BCUT2D eigenvalue weighted by atomic mass is 9.85. The molecule has 112 valence electrons. The lowest BCUT2D eigenvalue weighted by Gasteiger charge is -2.30. The maximum Gasteiger partial charge on any atom is 0.254 e. The minimum absolute atomic E-state index is 0.0484. The van der Waals surface area contributed by atoms with Gasteiger partial charge in [0.2, 0.25) is 0 Å². The number of rotatable bonds is 4. The first-order chi connectivity index (χ1) is 10.1. The molecule has 1 N–H and O–H groups in total. The van der Waals surface area contributed by atoms with E-state index in [1.165, 1.54) is 37.5 Å². The van der Waals surface area contributed by atoms with Gasteiger partial charge in [-0.05, 0) is 37.0 Å². The summed E-state index contributed by atoms with van der Waals surface area (Å²) in [5.41, 5.74) is 0.803. The Hall–Kier alpha value is -1.86. The Balaban J connectivity index is 2.17. The van der Waals surface area contributed by atoms with Crippen molar-refractivity contribution < 1.29 is 14.3 Å². The van der Waals surface area contributed by atoms with Crippen LogP contribution < -0.4 is 0 Å². The molecule has 2 rings (SSSR count). The molecule has 1 saturated carbocycles. The van der Waals surface area contributed by atoms with Gasteiger partial charge in [-0.3, -0.25) is 4.79 Å². The summed E-state index contributed by atoms with van der Waals surface area (Å²) in [6.07, 6.45) is 3.89. The average Bonchev–Trinajstić information content (AvgIpc) is 2.42. The highest BCUT2D eigenvalue weighted by Gasteiger charge is 2.23. The van der Waals surface area contributed by atoms with Crippen LogP contribution in [-0.4, -0.2) is 36.1 Å². The molecular weight excluding hydrogens is 269 g/mol. The van der Waals surface area contributed by atoms with Crippen molar-refractivity contribution in [3.05, 3.63) is 35.1 Å². The molecule has 1 aromatic carbocycles. The van der Waals surface area contributed by atoms with Gasteiger partial charge in [0.1, 0.15) is 5.82 Å². The number of hydrogen-bond donors (Lipinski definition) is 1. The SMILES string of the molecule is CN(CC1CCC1)C(=O)c1ccc(F)cc1C#CCCO. The molecule has 1 amide bonds. The Labute approximate surface area is 124 Å². The van der Waals surface area contributed by atoms with Crippen molar-refractivity contribution in [2.75, 3.05) is 20.2 Å². The molecule has 0 saturated heterocycles. The maximum absolute atomic E-state index is 13.4. The highest BCUT2D eigenvalue weighted by Crippen LogP contribution is 2.27. The van der Waals surface area contributed by atoms with Gasteiger partial charge in [0.05, 0.1) is 12.2 Å². The zero-order chi connectivity index (χ0) is 15.2. The third kappa shape index (κ3) is 4.05. The Kier molecular flexibility index (Phi) is 5.35. The predicted molar refractivity (Wildman–Crippen MR) is 79.3 cm³/mol. The third-order valence-corrected chi connectivity index (χ3v) is 3.78. The topological polar surface area (TPSA) is 40.5 Å². The van der Waals surface area contributed by atoms with Crippen LogP contribution in [0.1, 0.15) is 41.6 Å². The number of amides is 1. The Morgan fingerprint density at radius 3 is 2.86 bits per heavy atom. The number of carbonyl (C=O) groups is 1. The molecule has 0 heterocycles. The number of aliphatic hydroxyl groups is 1. The summed E-state index contributed by atoms with van der Waals surface area (Å²) in [5.74, 6) is 5.55. The minimum atomic E-state index is -0.415. The molecule has 0 atom stereocenters. The summed E-state index contributed by atoms with van der Waals surface area (Å²) < 4.78 is 13.4. The second-order valence-corrected chi connectivity index (χ2v) is 5.45. The average molecular weight is 289 g/mol. The van der Waals surface area contributed by atoms with Crippen molar-refractivity contribution in [1.82, 2.24) is 4.90 Å². The lowest BCUT2D eigenvalue weighted by Crippen LogP contribution is -2.34. The summed E-state index contributed by atoms with van der Waals surface area (Å²) in [5, 5.41) is 8.75. The van der Waals surface area contributed by atoms with Gasteiger partial charge in [0.15, 0.2) is 0 Å². The fraction of sp³-hybridized carbons (Fsp3) is 0.471. The normalized spacial score (nSPS) is 14.0. The van der Waals surface area contributed by atoms with E-state index in [0.717, 1.165) is 6.54 Å². The van der Waals surface area contributed by atoms with E-state index >= 15 is 0 Å². The number of benzene rings is 1. The van der Waals surface area contributed by atoms with Crippen LogP contribution in [0, 0.1) is 23.6 Å². The molecule has 1 fully saturated rings. The molecule has 3 nitrogen and oxygen atoms in total. The summed E-state index contributed by atoms with van der Waals surface area (Å²) in [7, 11) is 1.77. The van der Waals surface area contributed by atoms with E-state index in [4.69, 9.17) is 5.11 Å². The lowest BCUT2D eigenvalue weighted by molar-refractivity contribution is 0.0745. The van der Waals surface area contributed by atoms with Gasteiger partial charge in [0, 0.05) is 25.6 Å². The highest BCUT2D eigenvalue weighted by atomic mass is 19.1. The second kappa shape index (κ2) is 7.24. The second-order valence-electron chi connectivity index (χ2n) is 5.45. The maximum atomic E-state index is 13.4. The standard InChI is InChI=1S/C17H20FNO2/c1-19(12-13-5-4-6-13)17(21)16-9-8-15(18)11-14(16)7-2-3-10-20/h8-9,11,13,20H,3-6,10,12H2,1H3. The van der Waals surface area contributed by atoms with E-state index in [1.807, 2.05) is 0 Å². The zero-order valence-electron chi connectivity index (χ0n) is 12.2. The van der Waals surface area contributed by atoms with Crippen molar-refractivity contribution in [2.45, 2.75) is 25.7 Å². The van der Waals surface area contributed by atoms with Crippen LogP contribution in [0.25, 0.3) is 0 Å². The van der Waals surface area contributed by atoms with E-state index < -0.39 is 5.82 Å². The van der Waals surface area contributed by atoms with Crippen molar-refractivity contribution in [3.63, 3.8) is 0 Å². The largest absolute Gasteiger partial charge is 0.395 e. The van der Waals surface area contributed by atoms with Crippen molar-refractivity contribution in [1.29, 1.82) is 0 Å². The minimum Gasteiger partial charge on any atom is -0.395 e. The Morgan fingerprint density at radius 2 is 2.24 bits per heavy atom. The van der Waals surface area contributed by atoms with Crippen LogP contribution in [0.4, 0.5) is 4.39 Å². The molecule has 1 aromatic rings. The molecule has 0 aromatic heterocycles. The number of carbonyl (C=O) groups excluding carboxylic acids is 1. The predicted octanol–water partition coefficient (Wildman–Crippen LogP) is 2.43. The van der Waals surface area contributed by atoms with E-state index in [-0.39, 0.29) is 12.5 Å². The smallest absolute Gasteiger partial charge is 0.254 e. The van der Waals surface area contributed by atoms with Gasteiger partial charge in [-0.2, -0.15) is 0 Å². The van der Waals surface area contributed by atoms with E-state index in [2.05, 4.69) is 11.8 Å². The van der Waals surface area contributed by atoms with Gasteiger partial charge in [-0.1, -0.05) is 18.3 Å². The van der Waals surface area contributed by atoms with E-state index in [0.29, 0.717) is 23.5 Å². The van der Waals surface area contributed by atoms with Crippen LogP contribution >= 0.6 is 0 Å². The molecule has 4 heteroatoms. The van der Waals surface area contributed by atoms with Crippen LogP contribution in [0.15, 0.2) is 18.2 Å². The fourth-order valence-corrected chi connectivity index (χ4v) is 2.37. The number of nitrogens with zero attached hydrogens (tertiary/aromatic N) is 1. The first-order valence-electron chi connectivity index (χ1n) is 7.26. The van der Waals surface area contributed by atoms with Crippen LogP contribution in [-0.2, 0) is 0 Å². The first kappa shape index (κ1) is 15.5. The number of aliphatic hydroxyl groups excluding tert-OH is 1. The molecule has 0 radical (unpaired) electrons. The van der Waals surface area contributed by atoms with Crippen molar-refractivity contribution in [2.24, 2.45) is 5.92 Å². The Bertz CT molecular complexity index is 570. The third-order valence-electron chi connectivity index (χ3n) is 3.78. The number of halogens is 1. The fourth-order valence-electron chi connectivity index (χ4n) is 2.37. The molecule has 21 heavy (non-hydrogen) atoms. The van der Waals surface area contributed by atoms with Gasteiger partial charge in [-0.25, -0.2) is 4.39 Å². The van der Waals surface area contributed by atoms with E-state index in [9.17, 15) is 9.18 Å². The van der Waals surface area contributed by atoms with E-state index in [1.54, 1.807) is 11.9 Å². The van der Waals surface area contributed by atoms with Crippen LogP contribution in [0.2, 0.25) is 0 Å². The van der Waals surface area contributed by atoms with Crippen LogP contribution in [0.3, 0.4) is 0 Å². The molecule has 1 aliphatic rings. The molecule has 0 unspecified atom stereocenters. The number of hydrogen-bond acceptors (Lipinski definition) is 2. The van der Waals surface area contributed by atoms with Crippen LogP contribution in [0.5, 0.6) is 0 Å². The monoisotopic (exact) mass is 289 g/mol. The van der Waals surface area contributed by atoms with Crippen molar-refractivity contribution >= 4 is 5.91 Å². The highest BCUT2D eigenvalue weighted by molar-refractivity contribution is 5.96. The van der Waals surface area contributed by atoms with Gasteiger partial charge >= 0.3 is 0 Å². The molecule has 0 aliphatic heterocycles. The van der Waals surface area contributed by atoms with Crippen molar-refractivity contribution in [3.8, 4) is 11.8 Å². The zero-order valence-corrected chi connectivity index (χ0v) is 12.2. The summed E-state index contributed by atoms with van der Waals surface area (Å²) in [6.45, 7) is 0.687. The summed E-state index contributed by atoms with van der Waals surface area (Å²) >= 11 is 0. The first-order valence-corrected chi connectivity index (χ1v) is 7.26. The summed E-state index contributed by atoms with van der Waals surface area (Å²) in [4.78, 5) is 14.2. The summed E-state index contributed by atoms with van der Waals surface area (Å²) in [6, 6.07) is 4.04. The molecule has 0 bridgehead atoms.